The highest BCUT2D eigenvalue weighted by Crippen LogP contribution is 2.46. The van der Waals surface area contributed by atoms with Crippen LogP contribution in [0.15, 0.2) is 455 Å². The van der Waals surface area contributed by atoms with E-state index in [1.165, 1.54) is 245 Å². The molecule has 0 N–H and O–H groups in total. The summed E-state index contributed by atoms with van der Waals surface area (Å²) in [7, 11) is 0. The monoisotopic (exact) mass is 1560 g/mol. The average molecular weight is 1560 g/mol. The highest BCUT2D eigenvalue weighted by atomic mass is 15.0. The molecule has 0 aliphatic carbocycles. The maximum atomic E-state index is 2.45. The zero-order valence-corrected chi connectivity index (χ0v) is 67.1. The van der Waals surface area contributed by atoms with Crippen molar-refractivity contribution in [2.45, 2.75) is 0 Å². The minimum absolute atomic E-state index is 1.21. The van der Waals surface area contributed by atoms with Crippen LogP contribution in [0.2, 0.25) is 0 Å². The highest BCUT2D eigenvalue weighted by Gasteiger charge is 2.22. The molecule has 0 aliphatic rings. The van der Waals surface area contributed by atoms with E-state index in [0.29, 0.717) is 0 Å². The van der Waals surface area contributed by atoms with Crippen LogP contribution >= 0.6 is 0 Å². The molecule has 24 aromatic carbocycles. The molecular weight excluding hydrogens is 1480 g/mol. The van der Waals surface area contributed by atoms with Crippen LogP contribution in [0.25, 0.3) is 245 Å². The lowest BCUT2D eigenvalue weighted by Crippen LogP contribution is -1.95. The van der Waals surface area contributed by atoms with Crippen LogP contribution in [0.1, 0.15) is 0 Å². The van der Waals surface area contributed by atoms with Crippen LogP contribution in [-0.2, 0) is 0 Å². The maximum Gasteiger partial charge on any atom is 0.0547 e. The molecule has 27 aromatic rings. The van der Waals surface area contributed by atoms with Gasteiger partial charge < -0.3 is 13.7 Å². The standard InChI is InChI=1S/3C40H25N/c1-4-14-31-26(10-1)12-9-19-37(31)41-38-18-8-7-17-35(38)40-32-22-20-29(24-28(32)21-23-39(40)41)36-25-27-11-2-3-13-30(27)33-15-5-6-16-34(33)36;1-3-11-32-27(9-1)17-19-31-24-29(20-22-33(31)32)30-18-16-28-21-23-39-40(36(28)25-30)35-13-5-6-14-38(35)41(39)37-15-7-10-26-8-2-4-12-34(26)37;1-3-11-32-27(9-1)16-17-28-18-20-30(24-35(28)32)31-21-19-29-22-23-39-40(36(29)25-31)34-13-5-6-14-38(34)41(39)37-15-7-10-26-8-2-4-12-33(26)37/h3*1-25H. The summed E-state index contributed by atoms with van der Waals surface area (Å²) in [6, 6.07) is 167. The van der Waals surface area contributed by atoms with E-state index >= 15 is 0 Å². The first kappa shape index (κ1) is 69.9. The quantitative estimate of drug-likeness (QED) is 0.147. The molecule has 0 fully saturated rings. The topological polar surface area (TPSA) is 14.8 Å². The molecule has 0 unspecified atom stereocenters. The summed E-state index contributed by atoms with van der Waals surface area (Å²) in [4.78, 5) is 0. The second-order valence-corrected chi connectivity index (χ2v) is 32.9. The summed E-state index contributed by atoms with van der Waals surface area (Å²) >= 11 is 0. The number of rotatable bonds is 6. The van der Waals surface area contributed by atoms with Crippen molar-refractivity contribution in [3.05, 3.63) is 455 Å². The van der Waals surface area contributed by atoms with Gasteiger partial charge in [0.15, 0.2) is 0 Å². The molecule has 0 radical (unpaired) electrons. The van der Waals surface area contributed by atoms with Gasteiger partial charge in [0.2, 0.25) is 0 Å². The number of nitrogens with zero attached hydrogens (tertiary/aromatic N) is 3. The van der Waals surface area contributed by atoms with Crippen molar-refractivity contribution in [1.82, 2.24) is 13.7 Å². The summed E-state index contributed by atoms with van der Waals surface area (Å²) in [6.07, 6.45) is 0. The smallest absolute Gasteiger partial charge is 0.0547 e. The SMILES string of the molecule is c1ccc2c(-n3c4ccccc4c4c5cc(-c6ccc7c(ccc8ccccc87)c6)ccc5ccc43)cccc2c1.c1ccc2c(-n3c4ccccc4c4c5cc(-c6ccc7ccc8ccccc8c7c6)ccc5ccc43)cccc2c1.c1ccc2c(-n3c4ccccc4c4c5ccc(-c6cc7ccccc7c7ccccc67)cc5ccc43)cccc2c1. The molecular formula is C120H75N3. The van der Waals surface area contributed by atoms with E-state index in [4.69, 9.17) is 0 Å². The van der Waals surface area contributed by atoms with Gasteiger partial charge in [-0.05, 0) is 237 Å². The van der Waals surface area contributed by atoms with E-state index < -0.39 is 0 Å². The van der Waals surface area contributed by atoms with Gasteiger partial charge in [0.05, 0.1) is 50.2 Å². The van der Waals surface area contributed by atoms with Crippen molar-refractivity contribution in [1.29, 1.82) is 0 Å². The van der Waals surface area contributed by atoms with Crippen molar-refractivity contribution in [2.75, 3.05) is 0 Å². The van der Waals surface area contributed by atoms with Crippen molar-refractivity contribution in [2.24, 2.45) is 0 Å². The fraction of sp³-hybridized carbons (Fsp3) is 0. The van der Waals surface area contributed by atoms with Gasteiger partial charge in [-0.2, -0.15) is 0 Å². The average Bonchev–Trinajstić information content (AvgIpc) is 1.62. The van der Waals surface area contributed by atoms with Gasteiger partial charge in [-0.3, -0.25) is 0 Å². The Balaban J connectivity index is 0.000000101. The molecule has 3 nitrogen and oxygen atoms in total. The minimum atomic E-state index is 1.21. The third-order valence-corrected chi connectivity index (χ3v) is 26.2. The first-order valence-corrected chi connectivity index (χ1v) is 42.6. The van der Waals surface area contributed by atoms with Gasteiger partial charge in [-0.25, -0.2) is 0 Å². The lowest BCUT2D eigenvalue weighted by Gasteiger charge is -2.13. The minimum Gasteiger partial charge on any atom is -0.309 e. The summed E-state index contributed by atoms with van der Waals surface area (Å²) in [6.45, 7) is 0. The van der Waals surface area contributed by atoms with E-state index in [2.05, 4.69) is 469 Å². The Kier molecular flexibility index (Phi) is 16.1. The van der Waals surface area contributed by atoms with Crippen molar-refractivity contribution >= 4 is 195 Å². The second kappa shape index (κ2) is 28.3. The predicted octanol–water partition coefficient (Wildman–Crippen LogP) is 33.2. The van der Waals surface area contributed by atoms with Crippen LogP contribution in [0.3, 0.4) is 0 Å². The van der Waals surface area contributed by atoms with Gasteiger partial charge >= 0.3 is 0 Å². The normalized spacial score (nSPS) is 11.9. The van der Waals surface area contributed by atoms with Crippen LogP contribution in [-0.4, -0.2) is 13.7 Å². The Labute approximate surface area is 708 Å². The molecule has 27 rings (SSSR count). The zero-order chi connectivity index (χ0) is 80.7. The van der Waals surface area contributed by atoms with Gasteiger partial charge in [0.1, 0.15) is 0 Å². The molecule has 0 spiro atoms. The van der Waals surface area contributed by atoms with E-state index in [-0.39, 0.29) is 0 Å². The van der Waals surface area contributed by atoms with Crippen molar-refractivity contribution in [3.63, 3.8) is 0 Å². The number of hydrogen-bond donors (Lipinski definition) is 0. The predicted molar refractivity (Wildman–Crippen MR) is 529 cm³/mol. The molecule has 0 aliphatic heterocycles. The number of benzene rings is 24. The molecule has 3 heterocycles. The Morgan fingerprint density at radius 1 is 0.114 bits per heavy atom. The summed E-state index contributed by atoms with van der Waals surface area (Å²) < 4.78 is 7.33. The molecule has 0 atom stereocenters. The van der Waals surface area contributed by atoms with Crippen molar-refractivity contribution in [3.8, 4) is 50.4 Å². The third-order valence-electron chi connectivity index (χ3n) is 26.2. The summed E-state index contributed by atoms with van der Waals surface area (Å²) in [5, 5.41) is 38.4. The summed E-state index contributed by atoms with van der Waals surface area (Å²) in [5.74, 6) is 0. The molecule has 0 saturated carbocycles. The molecule has 0 bridgehead atoms. The number of hydrogen-bond acceptors (Lipinski definition) is 0. The molecule has 0 saturated heterocycles. The van der Waals surface area contributed by atoms with E-state index in [9.17, 15) is 0 Å². The Bertz CT molecular complexity index is 9090. The third kappa shape index (κ3) is 11.3. The van der Waals surface area contributed by atoms with E-state index in [1.807, 2.05) is 0 Å². The molecule has 0 amide bonds. The molecule has 123 heavy (non-hydrogen) atoms. The molecule has 3 aromatic heterocycles. The Hall–Kier alpha value is -16.2. The van der Waals surface area contributed by atoms with Gasteiger partial charge in [-0.15, -0.1) is 0 Å². The lowest BCUT2D eigenvalue weighted by molar-refractivity contribution is 1.20. The Morgan fingerprint density at radius 2 is 0.366 bits per heavy atom. The fourth-order valence-electron chi connectivity index (χ4n) is 20.6. The number of fused-ring (bicyclic) bond motifs is 27. The first-order chi connectivity index (χ1) is 61.0. The first-order valence-electron chi connectivity index (χ1n) is 42.6. The number of para-hydroxylation sites is 3. The maximum absolute atomic E-state index is 2.45. The van der Waals surface area contributed by atoms with Crippen LogP contribution in [0.4, 0.5) is 0 Å². The lowest BCUT2D eigenvalue weighted by atomic mass is 9.92. The largest absolute Gasteiger partial charge is 0.309 e. The Morgan fingerprint density at radius 3 is 0.837 bits per heavy atom. The molecule has 3 heteroatoms. The number of aromatic nitrogens is 3. The van der Waals surface area contributed by atoms with Crippen LogP contribution in [0.5, 0.6) is 0 Å². The second-order valence-electron chi connectivity index (χ2n) is 32.9. The molecule has 570 valence electrons. The summed E-state index contributed by atoms with van der Waals surface area (Å²) in [5.41, 5.74) is 18.5. The van der Waals surface area contributed by atoms with Gasteiger partial charge in [0, 0.05) is 48.5 Å². The van der Waals surface area contributed by atoms with Crippen molar-refractivity contribution < 1.29 is 0 Å². The van der Waals surface area contributed by atoms with Gasteiger partial charge in [-0.1, -0.05) is 364 Å². The van der Waals surface area contributed by atoms with E-state index in [1.54, 1.807) is 0 Å². The van der Waals surface area contributed by atoms with Crippen LogP contribution < -0.4 is 0 Å². The van der Waals surface area contributed by atoms with Gasteiger partial charge in [0.25, 0.3) is 0 Å². The highest BCUT2D eigenvalue weighted by molar-refractivity contribution is 6.26. The van der Waals surface area contributed by atoms with E-state index in [0.717, 1.165) is 0 Å². The zero-order valence-electron chi connectivity index (χ0n) is 67.1. The van der Waals surface area contributed by atoms with Crippen LogP contribution in [0, 0.1) is 0 Å². The fourth-order valence-corrected chi connectivity index (χ4v) is 20.6.